The number of anilines is 1. The van der Waals surface area contributed by atoms with Crippen LogP contribution in [0.5, 0.6) is 0 Å². The maximum absolute atomic E-state index is 13.6. The highest BCUT2D eigenvalue weighted by Gasteiger charge is 2.23. The Kier molecular flexibility index (Phi) is 7.83. The fourth-order valence-corrected chi connectivity index (χ4v) is 4.73. The molecule has 0 unspecified atom stereocenters. The van der Waals surface area contributed by atoms with E-state index in [0.29, 0.717) is 37.7 Å². The topological polar surface area (TPSA) is 120 Å². The van der Waals surface area contributed by atoms with Gasteiger partial charge in [0.1, 0.15) is 17.9 Å². The number of carbonyl (C=O) groups is 2. The van der Waals surface area contributed by atoms with Gasteiger partial charge in [0.15, 0.2) is 5.82 Å². The van der Waals surface area contributed by atoms with E-state index < -0.39 is 11.8 Å². The van der Waals surface area contributed by atoms with Crippen LogP contribution in [0.1, 0.15) is 32.1 Å². The number of hydrogen-bond acceptors (Lipinski definition) is 6. The van der Waals surface area contributed by atoms with Crippen molar-refractivity contribution in [2.75, 3.05) is 12.4 Å². The summed E-state index contributed by atoms with van der Waals surface area (Å²) in [4.78, 5) is 32.0. The number of aryl methyl sites for hydroxylation is 1. The molecule has 0 saturated carbocycles. The van der Waals surface area contributed by atoms with Crippen LogP contribution in [-0.4, -0.2) is 48.6 Å². The van der Waals surface area contributed by atoms with Crippen LogP contribution in [0, 0.1) is 6.92 Å². The van der Waals surface area contributed by atoms with Crippen LogP contribution in [0.15, 0.2) is 67.0 Å². The molecule has 40 heavy (non-hydrogen) atoms. The van der Waals surface area contributed by atoms with E-state index in [0.717, 1.165) is 5.56 Å². The van der Waals surface area contributed by atoms with Crippen LogP contribution in [-0.2, 0) is 6.54 Å². The molecule has 2 N–H and O–H groups in total. The van der Waals surface area contributed by atoms with Crippen molar-refractivity contribution in [1.82, 2.24) is 35.1 Å². The summed E-state index contributed by atoms with van der Waals surface area (Å²) in [6, 6.07) is 15.3. The molecular weight excluding hydrogens is 575 g/mol. The van der Waals surface area contributed by atoms with Crippen molar-refractivity contribution >= 4 is 52.3 Å². The molecule has 202 valence electrons. The first-order chi connectivity index (χ1) is 19.2. The number of hydrogen-bond donors (Lipinski definition) is 2. The Hall–Kier alpha value is -4.25. The Labute approximate surface area is 243 Å². The van der Waals surface area contributed by atoms with Crippen molar-refractivity contribution < 1.29 is 9.59 Å². The third kappa shape index (κ3) is 5.69. The Balaban J connectivity index is 1.51. The van der Waals surface area contributed by atoms with Gasteiger partial charge in [-0.1, -0.05) is 46.9 Å². The normalized spacial score (nSPS) is 10.9. The van der Waals surface area contributed by atoms with Crippen LogP contribution < -0.4 is 10.6 Å². The van der Waals surface area contributed by atoms with E-state index in [2.05, 4.69) is 30.9 Å². The maximum atomic E-state index is 13.6. The highest BCUT2D eigenvalue weighted by Crippen LogP contribution is 2.27. The van der Waals surface area contributed by atoms with Crippen LogP contribution in [0.2, 0.25) is 15.1 Å². The molecule has 0 aliphatic rings. The minimum atomic E-state index is -0.538. The summed E-state index contributed by atoms with van der Waals surface area (Å²) in [5, 5.41) is 20.1. The molecule has 3 aromatic heterocycles. The predicted molar refractivity (Wildman–Crippen MR) is 153 cm³/mol. The van der Waals surface area contributed by atoms with Gasteiger partial charge >= 0.3 is 0 Å². The van der Waals surface area contributed by atoms with Gasteiger partial charge < -0.3 is 10.6 Å². The van der Waals surface area contributed by atoms with Crippen LogP contribution in [0.4, 0.5) is 5.69 Å². The molecule has 2 amide bonds. The summed E-state index contributed by atoms with van der Waals surface area (Å²) in [7, 11) is 1.50. The van der Waals surface area contributed by atoms with E-state index in [9.17, 15) is 9.59 Å². The molecule has 0 aliphatic carbocycles. The van der Waals surface area contributed by atoms with E-state index in [4.69, 9.17) is 34.8 Å². The lowest BCUT2D eigenvalue weighted by Gasteiger charge is -2.14. The highest BCUT2D eigenvalue weighted by molar-refractivity contribution is 6.32. The molecule has 13 heteroatoms. The second-order valence-electron chi connectivity index (χ2n) is 8.69. The first kappa shape index (κ1) is 27.3. The number of rotatable bonds is 7. The van der Waals surface area contributed by atoms with Crippen LogP contribution in [0.3, 0.4) is 0 Å². The number of halogens is 3. The van der Waals surface area contributed by atoms with E-state index in [1.54, 1.807) is 55.7 Å². The van der Waals surface area contributed by atoms with Gasteiger partial charge in [-0.3, -0.25) is 9.59 Å². The van der Waals surface area contributed by atoms with Gasteiger partial charge in [-0.2, -0.15) is 20.1 Å². The van der Waals surface area contributed by atoms with Gasteiger partial charge in [-0.15, -0.1) is 0 Å². The highest BCUT2D eigenvalue weighted by atomic mass is 35.5. The molecule has 0 bridgehead atoms. The summed E-state index contributed by atoms with van der Waals surface area (Å²) in [6.45, 7) is 1.90. The number of nitrogens with one attached hydrogen (secondary N) is 2. The smallest absolute Gasteiger partial charge is 0.274 e. The number of amides is 2. The second-order valence-corrected chi connectivity index (χ2v) is 9.97. The summed E-state index contributed by atoms with van der Waals surface area (Å²) in [6.07, 6.45) is 3.17. The molecule has 0 atom stereocenters. The average molecular weight is 596 g/mol. The molecule has 2 aromatic carbocycles. The summed E-state index contributed by atoms with van der Waals surface area (Å²) >= 11 is 18.7. The largest absolute Gasteiger partial charge is 0.355 e. The first-order valence-electron chi connectivity index (χ1n) is 11.9. The van der Waals surface area contributed by atoms with Crippen molar-refractivity contribution in [1.29, 1.82) is 0 Å². The van der Waals surface area contributed by atoms with Crippen molar-refractivity contribution in [3.63, 3.8) is 0 Å². The van der Waals surface area contributed by atoms with E-state index in [-0.39, 0.29) is 23.6 Å². The molecule has 5 aromatic rings. The fraction of sp³-hybridized carbons (Fsp3) is 0.111. The second kappa shape index (κ2) is 11.5. The number of benzene rings is 2. The molecule has 5 rings (SSSR count). The zero-order valence-electron chi connectivity index (χ0n) is 21.2. The maximum Gasteiger partial charge on any atom is 0.274 e. The van der Waals surface area contributed by atoms with Crippen molar-refractivity contribution in [2.24, 2.45) is 0 Å². The van der Waals surface area contributed by atoms with Gasteiger partial charge in [0.2, 0.25) is 0 Å². The quantitative estimate of drug-likeness (QED) is 0.258. The number of nitrogens with zero attached hydrogens (tertiary/aromatic N) is 6. The zero-order valence-corrected chi connectivity index (χ0v) is 23.5. The summed E-state index contributed by atoms with van der Waals surface area (Å²) in [5.41, 5.74) is 3.19. The van der Waals surface area contributed by atoms with Crippen molar-refractivity contribution in [3.05, 3.63) is 105 Å². The van der Waals surface area contributed by atoms with Gasteiger partial charge in [-0.05, 0) is 55.0 Å². The van der Waals surface area contributed by atoms with E-state index in [1.807, 2.05) is 12.1 Å². The molecule has 3 heterocycles. The Morgan fingerprint density at radius 1 is 0.950 bits per heavy atom. The Morgan fingerprint density at radius 3 is 2.52 bits per heavy atom. The van der Waals surface area contributed by atoms with E-state index in [1.165, 1.54) is 22.6 Å². The molecule has 0 saturated heterocycles. The Morgan fingerprint density at radius 2 is 1.77 bits per heavy atom. The SMILES string of the molecule is CNC(=O)c1cc(Cl)cc(C)c1NC(=O)c1cc(Cn2ncc(-c3cccc(Cl)c3)n2)nn1-c1ncccc1Cl. The average Bonchev–Trinajstić information content (AvgIpc) is 3.57. The van der Waals surface area contributed by atoms with E-state index >= 15 is 0 Å². The predicted octanol–water partition coefficient (Wildman–Crippen LogP) is 5.45. The van der Waals surface area contributed by atoms with Gasteiger partial charge in [0.25, 0.3) is 11.8 Å². The number of carbonyl (C=O) groups excluding carboxylic acids is 2. The van der Waals surface area contributed by atoms with Crippen molar-refractivity contribution in [3.8, 4) is 17.1 Å². The molecular formula is C27H21Cl3N8O2. The summed E-state index contributed by atoms with van der Waals surface area (Å²) < 4.78 is 1.35. The standard InChI is InChI=1S/C27H21Cl3N8O2/c1-15-9-18(29)11-20(26(39)31-2)24(15)34-27(40)23-12-19(35-38(23)25-21(30)7-4-8-32-25)14-37-33-13-22(36-37)16-5-3-6-17(28)10-16/h3-13H,14H2,1-2H3,(H,31,39)(H,34,40). The monoisotopic (exact) mass is 594 g/mol. The molecule has 10 nitrogen and oxygen atoms in total. The van der Waals surface area contributed by atoms with Gasteiger partial charge in [0.05, 0.1) is 28.2 Å². The minimum Gasteiger partial charge on any atom is -0.355 e. The van der Waals surface area contributed by atoms with Gasteiger partial charge in [0, 0.05) is 28.9 Å². The lowest BCUT2D eigenvalue weighted by atomic mass is 10.1. The fourth-order valence-electron chi connectivity index (χ4n) is 4.06. The molecule has 0 fully saturated rings. The third-order valence-corrected chi connectivity index (χ3v) is 6.65. The lowest BCUT2D eigenvalue weighted by Crippen LogP contribution is -2.23. The summed E-state index contributed by atoms with van der Waals surface area (Å²) in [5.74, 6) is -0.680. The Bertz CT molecular complexity index is 1750. The molecule has 0 aliphatic heterocycles. The lowest BCUT2D eigenvalue weighted by molar-refractivity contribution is 0.0964. The van der Waals surface area contributed by atoms with Crippen LogP contribution >= 0.6 is 34.8 Å². The zero-order chi connectivity index (χ0) is 28.4. The minimum absolute atomic E-state index is 0.134. The molecule has 0 spiro atoms. The number of pyridine rings is 1. The van der Waals surface area contributed by atoms with Crippen molar-refractivity contribution in [2.45, 2.75) is 13.5 Å². The number of aromatic nitrogens is 6. The van der Waals surface area contributed by atoms with Crippen LogP contribution in [0.25, 0.3) is 17.1 Å². The third-order valence-electron chi connectivity index (χ3n) is 5.90. The molecule has 0 radical (unpaired) electrons. The first-order valence-corrected chi connectivity index (χ1v) is 13.1. The van der Waals surface area contributed by atoms with Gasteiger partial charge in [-0.25, -0.2) is 9.67 Å².